The normalized spacial score (nSPS) is 13.5. The van der Waals surface area contributed by atoms with Gasteiger partial charge in [-0.2, -0.15) is 0 Å². The minimum atomic E-state index is -0.00239. The number of aromatic nitrogens is 2. The maximum Gasteiger partial charge on any atom is 0.226 e. The van der Waals surface area contributed by atoms with E-state index >= 15 is 0 Å². The quantitative estimate of drug-likeness (QED) is 0.940. The van der Waals surface area contributed by atoms with Crippen molar-refractivity contribution in [3.05, 3.63) is 27.6 Å². The number of thiazole rings is 1. The average molecular weight is 291 g/mol. The van der Waals surface area contributed by atoms with Gasteiger partial charge in [-0.25, -0.2) is 4.98 Å². The molecule has 2 aromatic heterocycles. The van der Waals surface area contributed by atoms with E-state index in [0.29, 0.717) is 12.8 Å². The van der Waals surface area contributed by atoms with E-state index in [4.69, 9.17) is 4.52 Å². The molecule has 0 aromatic carbocycles. The molecule has 1 N–H and O–H groups in total. The third kappa shape index (κ3) is 2.60. The van der Waals surface area contributed by atoms with E-state index in [0.717, 1.165) is 40.7 Å². The molecule has 0 radical (unpaired) electrons. The number of rotatable bonds is 4. The van der Waals surface area contributed by atoms with Crippen molar-refractivity contribution in [2.75, 3.05) is 5.32 Å². The van der Waals surface area contributed by atoms with E-state index in [1.165, 1.54) is 11.3 Å². The Hall–Kier alpha value is -1.69. The second kappa shape index (κ2) is 5.36. The van der Waals surface area contributed by atoms with Crippen molar-refractivity contribution in [2.45, 2.75) is 46.0 Å². The first-order valence-corrected chi connectivity index (χ1v) is 7.65. The number of amides is 1. The van der Waals surface area contributed by atoms with Gasteiger partial charge in [-0.1, -0.05) is 5.16 Å². The lowest BCUT2D eigenvalue weighted by Crippen LogP contribution is -2.12. The minimum Gasteiger partial charge on any atom is -0.361 e. The Morgan fingerprint density at radius 2 is 2.25 bits per heavy atom. The van der Waals surface area contributed by atoms with Crippen molar-refractivity contribution < 1.29 is 9.32 Å². The Kier molecular flexibility index (Phi) is 3.56. The first-order chi connectivity index (χ1) is 9.63. The van der Waals surface area contributed by atoms with E-state index in [2.05, 4.69) is 15.5 Å². The van der Waals surface area contributed by atoms with Gasteiger partial charge in [0, 0.05) is 16.9 Å². The molecule has 0 saturated heterocycles. The summed E-state index contributed by atoms with van der Waals surface area (Å²) in [5.74, 6) is 0.793. The summed E-state index contributed by atoms with van der Waals surface area (Å²) in [5, 5.41) is 7.52. The molecule has 2 heterocycles. The Balaban J connectivity index is 1.57. The molecule has 1 amide bonds. The molecule has 0 atom stereocenters. The summed E-state index contributed by atoms with van der Waals surface area (Å²) in [6, 6.07) is 0. The molecular weight excluding hydrogens is 274 g/mol. The van der Waals surface area contributed by atoms with E-state index in [1.54, 1.807) is 11.3 Å². The molecule has 0 bridgehead atoms. The number of aryl methyl sites for hydroxylation is 4. The molecule has 6 heteroatoms. The molecule has 2 aromatic rings. The highest BCUT2D eigenvalue weighted by atomic mass is 32.1. The number of fused-ring (bicyclic) bond motifs is 1. The lowest BCUT2D eigenvalue weighted by molar-refractivity contribution is -0.116. The first kappa shape index (κ1) is 13.3. The molecule has 1 aliphatic rings. The molecule has 0 spiro atoms. The molecule has 0 fully saturated rings. The van der Waals surface area contributed by atoms with Crippen molar-refractivity contribution in [3.8, 4) is 0 Å². The molecular formula is C14H17N3O2S. The standard InChI is InChI=1S/C14H17N3O2S/c1-8-10(9(2)19-17-8)6-7-13(18)16-14-15-11-4-3-5-12(11)20-14/h3-7H2,1-2H3,(H,15,16,18). The number of hydrogen-bond acceptors (Lipinski definition) is 5. The maximum absolute atomic E-state index is 12.0. The van der Waals surface area contributed by atoms with E-state index < -0.39 is 0 Å². The van der Waals surface area contributed by atoms with Crippen molar-refractivity contribution in [3.63, 3.8) is 0 Å². The SMILES string of the molecule is Cc1noc(C)c1CCC(=O)Nc1nc2c(s1)CCC2. The zero-order valence-electron chi connectivity index (χ0n) is 11.7. The third-order valence-electron chi connectivity index (χ3n) is 3.63. The predicted molar refractivity (Wildman–Crippen MR) is 77.1 cm³/mol. The zero-order chi connectivity index (χ0) is 14.1. The molecule has 1 aliphatic carbocycles. The van der Waals surface area contributed by atoms with Crippen LogP contribution in [0.4, 0.5) is 5.13 Å². The summed E-state index contributed by atoms with van der Waals surface area (Å²) in [5.41, 5.74) is 3.06. The average Bonchev–Trinajstić information content (AvgIpc) is 3.04. The second-order valence-electron chi connectivity index (χ2n) is 5.09. The molecule has 0 saturated carbocycles. The molecule has 0 unspecified atom stereocenters. The predicted octanol–water partition coefficient (Wildman–Crippen LogP) is 2.81. The van der Waals surface area contributed by atoms with E-state index in [9.17, 15) is 4.79 Å². The molecule has 20 heavy (non-hydrogen) atoms. The van der Waals surface area contributed by atoms with E-state index in [-0.39, 0.29) is 5.91 Å². The van der Waals surface area contributed by atoms with Crippen LogP contribution < -0.4 is 5.32 Å². The molecule has 0 aliphatic heterocycles. The number of carbonyl (C=O) groups excluding carboxylic acids is 1. The zero-order valence-corrected chi connectivity index (χ0v) is 12.5. The van der Waals surface area contributed by atoms with Crippen LogP contribution >= 0.6 is 11.3 Å². The van der Waals surface area contributed by atoms with Crippen LogP contribution in [0.25, 0.3) is 0 Å². The molecule has 106 valence electrons. The van der Waals surface area contributed by atoms with Crippen LogP contribution in [0.15, 0.2) is 4.52 Å². The molecule has 5 nitrogen and oxygen atoms in total. The number of anilines is 1. The number of nitrogens with zero attached hydrogens (tertiary/aromatic N) is 2. The van der Waals surface area contributed by atoms with E-state index in [1.807, 2.05) is 13.8 Å². The highest BCUT2D eigenvalue weighted by Crippen LogP contribution is 2.30. The smallest absolute Gasteiger partial charge is 0.226 e. The van der Waals surface area contributed by atoms with Gasteiger partial charge in [0.2, 0.25) is 5.91 Å². The third-order valence-corrected chi connectivity index (χ3v) is 4.70. The summed E-state index contributed by atoms with van der Waals surface area (Å²) in [7, 11) is 0. The highest BCUT2D eigenvalue weighted by Gasteiger charge is 2.18. The Labute approximate surface area is 121 Å². The van der Waals surface area contributed by atoms with Crippen LogP contribution in [0.1, 0.15) is 40.4 Å². The molecule has 3 rings (SSSR count). The number of carbonyl (C=O) groups is 1. The fourth-order valence-corrected chi connectivity index (χ4v) is 3.59. The van der Waals surface area contributed by atoms with Crippen LogP contribution in [0.3, 0.4) is 0 Å². The largest absolute Gasteiger partial charge is 0.361 e. The summed E-state index contributed by atoms with van der Waals surface area (Å²) in [6.45, 7) is 3.77. The summed E-state index contributed by atoms with van der Waals surface area (Å²) in [4.78, 5) is 17.8. The number of nitrogens with one attached hydrogen (secondary N) is 1. The van der Waals surface area contributed by atoms with Gasteiger partial charge in [-0.15, -0.1) is 11.3 Å². The summed E-state index contributed by atoms with van der Waals surface area (Å²) >= 11 is 1.61. The Bertz CT molecular complexity index is 604. The second-order valence-corrected chi connectivity index (χ2v) is 6.18. The van der Waals surface area contributed by atoms with Crippen LogP contribution in [-0.4, -0.2) is 16.0 Å². The summed E-state index contributed by atoms with van der Waals surface area (Å²) in [6.07, 6.45) is 4.41. The van der Waals surface area contributed by atoms with Gasteiger partial charge in [-0.05, 0) is 39.5 Å². The van der Waals surface area contributed by atoms with Crippen molar-refractivity contribution in [1.82, 2.24) is 10.1 Å². The van der Waals surface area contributed by atoms with Gasteiger partial charge in [0.05, 0.1) is 11.4 Å². The number of hydrogen-bond donors (Lipinski definition) is 1. The van der Waals surface area contributed by atoms with Gasteiger partial charge in [0.15, 0.2) is 5.13 Å². The fraction of sp³-hybridized carbons (Fsp3) is 0.500. The maximum atomic E-state index is 12.0. The van der Waals surface area contributed by atoms with Crippen molar-refractivity contribution in [1.29, 1.82) is 0 Å². The van der Waals surface area contributed by atoms with Gasteiger partial charge >= 0.3 is 0 Å². The van der Waals surface area contributed by atoms with Crippen molar-refractivity contribution in [2.24, 2.45) is 0 Å². The van der Waals surface area contributed by atoms with Crippen LogP contribution in [-0.2, 0) is 24.1 Å². The van der Waals surface area contributed by atoms with Crippen LogP contribution in [0.2, 0.25) is 0 Å². The monoisotopic (exact) mass is 291 g/mol. The van der Waals surface area contributed by atoms with Crippen molar-refractivity contribution >= 4 is 22.4 Å². The fourth-order valence-electron chi connectivity index (χ4n) is 2.52. The Morgan fingerprint density at radius 3 is 2.95 bits per heavy atom. The topological polar surface area (TPSA) is 68.0 Å². The van der Waals surface area contributed by atoms with Crippen LogP contribution in [0, 0.1) is 13.8 Å². The van der Waals surface area contributed by atoms with Gasteiger partial charge in [-0.3, -0.25) is 4.79 Å². The van der Waals surface area contributed by atoms with Gasteiger partial charge in [0.1, 0.15) is 5.76 Å². The first-order valence-electron chi connectivity index (χ1n) is 6.83. The lowest BCUT2D eigenvalue weighted by atomic mass is 10.1. The lowest BCUT2D eigenvalue weighted by Gasteiger charge is -2.02. The highest BCUT2D eigenvalue weighted by molar-refractivity contribution is 7.15. The Morgan fingerprint density at radius 1 is 1.40 bits per heavy atom. The van der Waals surface area contributed by atoms with Gasteiger partial charge in [0.25, 0.3) is 0 Å². The summed E-state index contributed by atoms with van der Waals surface area (Å²) < 4.78 is 5.10. The van der Waals surface area contributed by atoms with Crippen LogP contribution in [0.5, 0.6) is 0 Å². The minimum absolute atomic E-state index is 0.00239. The van der Waals surface area contributed by atoms with Gasteiger partial charge < -0.3 is 9.84 Å².